The third-order valence-corrected chi connectivity index (χ3v) is 2.62. The van der Waals surface area contributed by atoms with E-state index in [1.807, 2.05) is 6.92 Å². The van der Waals surface area contributed by atoms with Crippen molar-refractivity contribution in [1.29, 1.82) is 0 Å². The zero-order valence-electron chi connectivity index (χ0n) is 4.87. The Morgan fingerprint density at radius 3 is 2.25 bits per heavy atom. The lowest BCUT2D eigenvalue weighted by molar-refractivity contribution is -0.112. The topological polar surface area (TPSA) is 17.1 Å². The van der Waals surface area contributed by atoms with Gasteiger partial charge in [-0.1, -0.05) is 6.92 Å². The maximum Gasteiger partial charge on any atom is 0.218 e. The van der Waals surface area contributed by atoms with Gasteiger partial charge in [0.05, 0.1) is 0 Å². The summed E-state index contributed by atoms with van der Waals surface area (Å²) in [5.74, 6) is 0. The van der Waals surface area contributed by atoms with E-state index in [1.54, 1.807) is 6.92 Å². The third-order valence-electron chi connectivity index (χ3n) is 1.07. The van der Waals surface area contributed by atoms with Crippen molar-refractivity contribution in [3.05, 3.63) is 0 Å². The fourth-order valence-electron chi connectivity index (χ4n) is 0.139. The first kappa shape index (κ1) is 8.44. The lowest BCUT2D eigenvalue weighted by Crippen LogP contribution is -2.22. The van der Waals surface area contributed by atoms with Gasteiger partial charge in [0.1, 0.15) is 4.87 Å². The van der Waals surface area contributed by atoms with Gasteiger partial charge in [0.25, 0.3) is 0 Å². The highest BCUT2D eigenvalue weighted by Crippen LogP contribution is 2.22. The Labute approximate surface area is 62.5 Å². The van der Waals surface area contributed by atoms with Crippen LogP contribution in [0.15, 0.2) is 0 Å². The average molecular weight is 199 g/mol. The molecule has 0 aliphatic carbocycles. The van der Waals surface area contributed by atoms with Gasteiger partial charge in [0.2, 0.25) is 4.69 Å². The lowest BCUT2D eigenvalue weighted by Gasteiger charge is -2.12. The Bertz CT molecular complexity index is 101. The number of carbonyl (C=O) groups is 1. The molecule has 0 saturated carbocycles. The van der Waals surface area contributed by atoms with E-state index in [-0.39, 0.29) is 4.69 Å². The summed E-state index contributed by atoms with van der Waals surface area (Å²) in [6.45, 7) is 3.55. The van der Waals surface area contributed by atoms with Crippen LogP contribution in [0.25, 0.3) is 0 Å². The Kier molecular flexibility index (Phi) is 2.99. The Hall–Kier alpha value is 0.440. The molecule has 1 atom stereocenters. The average Bonchev–Trinajstić information content (AvgIpc) is 1.67. The first-order valence-electron chi connectivity index (χ1n) is 2.39. The number of carbonyl (C=O) groups excluding carboxylic acids is 1. The minimum atomic E-state index is -0.708. The summed E-state index contributed by atoms with van der Waals surface area (Å²) in [4.78, 5) is 9.77. The minimum Gasteiger partial charge on any atom is -0.285 e. The van der Waals surface area contributed by atoms with E-state index in [2.05, 4.69) is 15.9 Å². The molecule has 0 bridgehead atoms. The summed E-state index contributed by atoms with van der Waals surface area (Å²) < 4.78 is -0.144. The summed E-state index contributed by atoms with van der Waals surface area (Å²) in [6, 6.07) is 0. The molecule has 1 unspecified atom stereocenters. The van der Waals surface area contributed by atoms with Gasteiger partial charge in [0, 0.05) is 0 Å². The van der Waals surface area contributed by atoms with Crippen molar-refractivity contribution in [3.8, 4) is 0 Å². The highest BCUT2D eigenvalue weighted by molar-refractivity contribution is 9.18. The van der Waals surface area contributed by atoms with Crippen molar-refractivity contribution in [3.63, 3.8) is 0 Å². The number of halogens is 2. The van der Waals surface area contributed by atoms with Gasteiger partial charge in [-0.3, -0.25) is 4.79 Å². The van der Waals surface area contributed by atoms with Crippen LogP contribution in [0.4, 0.5) is 0 Å². The summed E-state index contributed by atoms with van der Waals surface area (Å²) in [6.07, 6.45) is 0.651. The second-order valence-electron chi connectivity index (χ2n) is 1.82. The first-order valence-corrected chi connectivity index (χ1v) is 3.56. The fourth-order valence-corrected chi connectivity index (χ4v) is 0.419. The number of alkyl halides is 1. The molecule has 0 heterocycles. The van der Waals surface area contributed by atoms with Crippen molar-refractivity contribution in [2.24, 2.45) is 0 Å². The van der Waals surface area contributed by atoms with Gasteiger partial charge < -0.3 is 0 Å². The van der Waals surface area contributed by atoms with Crippen LogP contribution in [0.1, 0.15) is 20.3 Å². The molecule has 8 heavy (non-hydrogen) atoms. The van der Waals surface area contributed by atoms with Gasteiger partial charge in [-0.25, -0.2) is 0 Å². The molecule has 3 heteroatoms. The van der Waals surface area contributed by atoms with E-state index in [0.717, 1.165) is 0 Å². The third kappa shape index (κ3) is 2.14. The molecular weight excluding hydrogens is 191 g/mol. The molecule has 0 fully saturated rings. The molecule has 0 amide bonds. The standard InChI is InChI=1S/C5H8BrClO/c1-3-5(2,7)4(6)8/h3H2,1-2H3. The highest BCUT2D eigenvalue weighted by Gasteiger charge is 2.25. The van der Waals surface area contributed by atoms with Crippen LogP contribution < -0.4 is 0 Å². The van der Waals surface area contributed by atoms with Crippen molar-refractivity contribution in [1.82, 2.24) is 0 Å². The van der Waals surface area contributed by atoms with Crippen molar-refractivity contribution < 1.29 is 4.79 Å². The van der Waals surface area contributed by atoms with Crippen LogP contribution in [0.3, 0.4) is 0 Å². The summed E-state index contributed by atoms with van der Waals surface area (Å²) >= 11 is 8.44. The molecular formula is C5H8BrClO. The minimum absolute atomic E-state index is 0.144. The quantitative estimate of drug-likeness (QED) is 0.493. The van der Waals surface area contributed by atoms with Crippen LogP contribution in [-0.2, 0) is 4.79 Å². The zero-order valence-corrected chi connectivity index (χ0v) is 7.21. The van der Waals surface area contributed by atoms with Crippen molar-refractivity contribution >= 4 is 32.2 Å². The van der Waals surface area contributed by atoms with E-state index in [9.17, 15) is 4.79 Å². The van der Waals surface area contributed by atoms with Crippen molar-refractivity contribution in [2.75, 3.05) is 0 Å². The van der Waals surface area contributed by atoms with E-state index in [1.165, 1.54) is 0 Å². The fraction of sp³-hybridized carbons (Fsp3) is 0.800. The van der Waals surface area contributed by atoms with Gasteiger partial charge in [-0.05, 0) is 29.3 Å². The largest absolute Gasteiger partial charge is 0.285 e. The summed E-state index contributed by atoms with van der Waals surface area (Å²) in [5, 5.41) is 0. The molecule has 0 rings (SSSR count). The predicted molar refractivity (Wildman–Crippen MR) is 38.5 cm³/mol. The summed E-state index contributed by atoms with van der Waals surface area (Å²) in [7, 11) is 0. The molecule has 0 aliphatic heterocycles. The Morgan fingerprint density at radius 2 is 2.25 bits per heavy atom. The van der Waals surface area contributed by atoms with E-state index in [0.29, 0.717) is 6.42 Å². The molecule has 0 radical (unpaired) electrons. The molecule has 1 nitrogen and oxygen atoms in total. The molecule has 0 N–H and O–H groups in total. The van der Waals surface area contributed by atoms with Crippen LogP contribution >= 0.6 is 27.5 Å². The highest BCUT2D eigenvalue weighted by atomic mass is 79.9. The molecule has 0 aromatic rings. The second kappa shape index (κ2) is 2.83. The number of hydrogen-bond donors (Lipinski definition) is 0. The zero-order chi connectivity index (χ0) is 6.78. The number of rotatable bonds is 2. The molecule has 0 aromatic carbocycles. The molecule has 0 saturated heterocycles. The summed E-state index contributed by atoms with van der Waals surface area (Å²) in [5.41, 5.74) is 0. The van der Waals surface area contributed by atoms with Crippen LogP contribution in [0.5, 0.6) is 0 Å². The Balaban J connectivity index is 3.91. The molecule has 0 aliphatic rings. The van der Waals surface area contributed by atoms with E-state index >= 15 is 0 Å². The van der Waals surface area contributed by atoms with Crippen LogP contribution in [0, 0.1) is 0 Å². The second-order valence-corrected chi connectivity index (χ2v) is 3.38. The van der Waals surface area contributed by atoms with E-state index < -0.39 is 4.87 Å². The smallest absolute Gasteiger partial charge is 0.218 e. The predicted octanol–water partition coefficient (Wildman–Crippen LogP) is 2.32. The van der Waals surface area contributed by atoms with Crippen LogP contribution in [-0.4, -0.2) is 9.57 Å². The molecule has 0 aromatic heterocycles. The Morgan fingerprint density at radius 1 is 1.88 bits per heavy atom. The maximum absolute atomic E-state index is 10.5. The monoisotopic (exact) mass is 198 g/mol. The normalized spacial score (nSPS) is 17.5. The molecule has 48 valence electrons. The first-order chi connectivity index (χ1) is 3.50. The van der Waals surface area contributed by atoms with E-state index in [4.69, 9.17) is 11.6 Å². The van der Waals surface area contributed by atoms with Gasteiger partial charge in [-0.2, -0.15) is 0 Å². The SMILES string of the molecule is CCC(C)(Cl)C(=O)Br. The maximum atomic E-state index is 10.5. The van der Waals surface area contributed by atoms with Gasteiger partial charge in [-0.15, -0.1) is 11.6 Å². The van der Waals surface area contributed by atoms with Crippen molar-refractivity contribution in [2.45, 2.75) is 25.1 Å². The number of hydrogen-bond acceptors (Lipinski definition) is 1. The van der Waals surface area contributed by atoms with Gasteiger partial charge in [0.15, 0.2) is 0 Å². The van der Waals surface area contributed by atoms with Gasteiger partial charge >= 0.3 is 0 Å². The lowest BCUT2D eigenvalue weighted by atomic mass is 10.1. The molecule has 0 spiro atoms. The van der Waals surface area contributed by atoms with Crippen LogP contribution in [0.2, 0.25) is 0 Å².